The van der Waals surface area contributed by atoms with Gasteiger partial charge >= 0.3 is 6.18 Å². The summed E-state index contributed by atoms with van der Waals surface area (Å²) < 4.78 is 49.6. The van der Waals surface area contributed by atoms with Crippen molar-refractivity contribution in [1.29, 1.82) is 0 Å². The van der Waals surface area contributed by atoms with Gasteiger partial charge in [-0.05, 0) is 19.1 Å². The van der Waals surface area contributed by atoms with Gasteiger partial charge in [-0.3, -0.25) is 4.79 Å². The van der Waals surface area contributed by atoms with Crippen molar-refractivity contribution in [3.8, 4) is 0 Å². The first kappa shape index (κ1) is 13.4. The number of hydrogen-bond donors (Lipinski definition) is 0. The number of carbonyl (C=O) groups excluding carboxylic acids is 1. The number of amides is 1. The number of hydrogen-bond acceptors (Lipinski definition) is 2. The molecule has 1 rings (SSSR count). The lowest BCUT2D eigenvalue weighted by molar-refractivity contribution is -0.140. The monoisotopic (exact) mass is 250 g/mol. The van der Waals surface area contributed by atoms with E-state index in [0.717, 1.165) is 12.3 Å². The van der Waals surface area contributed by atoms with Crippen molar-refractivity contribution < 1.29 is 22.4 Å². The summed E-state index contributed by atoms with van der Waals surface area (Å²) in [5, 5.41) is 0. The molecule has 7 heteroatoms. The highest BCUT2D eigenvalue weighted by atomic mass is 19.4. The van der Waals surface area contributed by atoms with Crippen LogP contribution in [0.15, 0.2) is 18.3 Å². The van der Waals surface area contributed by atoms with Crippen LogP contribution >= 0.6 is 0 Å². The van der Waals surface area contributed by atoms with Gasteiger partial charge < -0.3 is 4.90 Å². The number of pyridine rings is 1. The Morgan fingerprint density at radius 3 is 2.59 bits per heavy atom. The van der Waals surface area contributed by atoms with E-state index >= 15 is 0 Å². The van der Waals surface area contributed by atoms with Gasteiger partial charge in [0.1, 0.15) is 6.54 Å². The smallest absolute Gasteiger partial charge is 0.330 e. The van der Waals surface area contributed by atoms with Gasteiger partial charge in [-0.15, -0.1) is 0 Å². The summed E-state index contributed by atoms with van der Waals surface area (Å²) >= 11 is 0. The van der Waals surface area contributed by atoms with Gasteiger partial charge in [-0.2, -0.15) is 17.6 Å². The summed E-state index contributed by atoms with van der Waals surface area (Å²) in [6.45, 7) is -0.179. The highest BCUT2D eigenvalue weighted by molar-refractivity contribution is 5.94. The molecule has 0 fully saturated rings. The van der Waals surface area contributed by atoms with Crippen LogP contribution in [0.5, 0.6) is 0 Å². The maximum Gasteiger partial charge on any atom is 0.406 e. The minimum Gasteiger partial charge on any atom is -0.330 e. The molecule has 0 spiro atoms. The van der Waals surface area contributed by atoms with Crippen LogP contribution in [0.25, 0.3) is 0 Å². The largest absolute Gasteiger partial charge is 0.406 e. The van der Waals surface area contributed by atoms with Crippen molar-refractivity contribution in [1.82, 2.24) is 9.88 Å². The number of rotatable bonds is 3. The molecule has 0 bridgehead atoms. The molecule has 1 heterocycles. The fraction of sp³-hybridized carbons (Fsp3) is 0.400. The second-order valence-corrected chi connectivity index (χ2v) is 3.28. The SMILES string of the molecule is CCN(CC(F)(F)F)C(=O)c1cccnc1F. The van der Waals surface area contributed by atoms with Crippen LogP contribution in [0.2, 0.25) is 0 Å². The molecule has 0 saturated carbocycles. The Balaban J connectivity index is 2.91. The molecule has 0 atom stereocenters. The molecule has 0 aliphatic carbocycles. The van der Waals surface area contributed by atoms with Crippen LogP contribution in [0.4, 0.5) is 17.6 Å². The number of alkyl halides is 3. The van der Waals surface area contributed by atoms with Crippen LogP contribution in [0.1, 0.15) is 17.3 Å². The molecule has 17 heavy (non-hydrogen) atoms. The molecular formula is C10H10F4N2O. The second-order valence-electron chi connectivity index (χ2n) is 3.28. The minimum atomic E-state index is -4.51. The van der Waals surface area contributed by atoms with Crippen LogP contribution < -0.4 is 0 Å². The molecule has 0 aliphatic rings. The van der Waals surface area contributed by atoms with Crippen molar-refractivity contribution >= 4 is 5.91 Å². The lowest BCUT2D eigenvalue weighted by atomic mass is 10.2. The van der Waals surface area contributed by atoms with Crippen molar-refractivity contribution in [2.24, 2.45) is 0 Å². The third kappa shape index (κ3) is 3.69. The zero-order chi connectivity index (χ0) is 13.1. The van der Waals surface area contributed by atoms with Gasteiger partial charge in [0.25, 0.3) is 5.91 Å². The highest BCUT2D eigenvalue weighted by Crippen LogP contribution is 2.18. The Morgan fingerprint density at radius 1 is 1.47 bits per heavy atom. The Kier molecular flexibility index (Phi) is 4.03. The van der Waals surface area contributed by atoms with Crippen LogP contribution in [0, 0.1) is 5.95 Å². The quantitative estimate of drug-likeness (QED) is 0.609. The van der Waals surface area contributed by atoms with Gasteiger partial charge in [-0.1, -0.05) is 0 Å². The molecule has 94 valence electrons. The van der Waals surface area contributed by atoms with Gasteiger partial charge in [0.15, 0.2) is 0 Å². The number of carbonyl (C=O) groups is 1. The Hall–Kier alpha value is -1.66. The molecule has 1 aromatic rings. The van der Waals surface area contributed by atoms with Gasteiger partial charge in [0.2, 0.25) is 5.95 Å². The van der Waals surface area contributed by atoms with E-state index in [1.807, 2.05) is 0 Å². The fourth-order valence-corrected chi connectivity index (χ4v) is 1.26. The van der Waals surface area contributed by atoms with Gasteiger partial charge in [0, 0.05) is 12.7 Å². The predicted molar refractivity (Wildman–Crippen MR) is 51.8 cm³/mol. The predicted octanol–water partition coefficient (Wildman–Crippen LogP) is 2.25. The number of halogens is 4. The maximum atomic E-state index is 13.1. The van der Waals surface area contributed by atoms with Crippen molar-refractivity contribution in [3.63, 3.8) is 0 Å². The summed E-state index contributed by atoms with van der Waals surface area (Å²) in [4.78, 5) is 15.4. The standard InChI is InChI=1S/C10H10F4N2O/c1-2-16(6-10(12,13)14)9(17)7-4-3-5-15-8(7)11/h3-5H,2,6H2,1H3. The molecule has 0 unspecified atom stereocenters. The van der Waals surface area contributed by atoms with Crippen LogP contribution in [-0.4, -0.2) is 35.1 Å². The molecule has 0 aliphatic heterocycles. The van der Waals surface area contributed by atoms with E-state index in [0.29, 0.717) is 4.90 Å². The third-order valence-electron chi connectivity index (χ3n) is 2.03. The maximum absolute atomic E-state index is 13.1. The topological polar surface area (TPSA) is 33.2 Å². The first-order valence-corrected chi connectivity index (χ1v) is 4.81. The fourth-order valence-electron chi connectivity index (χ4n) is 1.26. The lowest BCUT2D eigenvalue weighted by Crippen LogP contribution is -2.39. The molecule has 0 aromatic carbocycles. The number of nitrogens with zero attached hydrogens (tertiary/aromatic N) is 2. The Labute approximate surface area is 95.1 Å². The zero-order valence-electron chi connectivity index (χ0n) is 8.96. The molecular weight excluding hydrogens is 240 g/mol. The van der Waals surface area contributed by atoms with E-state index in [-0.39, 0.29) is 6.54 Å². The van der Waals surface area contributed by atoms with E-state index in [1.54, 1.807) is 0 Å². The van der Waals surface area contributed by atoms with Crippen LogP contribution in [0.3, 0.4) is 0 Å². The zero-order valence-corrected chi connectivity index (χ0v) is 8.96. The van der Waals surface area contributed by atoms with E-state index < -0.39 is 30.1 Å². The summed E-state index contributed by atoms with van der Waals surface area (Å²) in [5.74, 6) is -2.09. The van der Waals surface area contributed by atoms with Crippen molar-refractivity contribution in [3.05, 3.63) is 29.8 Å². The highest BCUT2D eigenvalue weighted by Gasteiger charge is 2.33. The van der Waals surface area contributed by atoms with Crippen LogP contribution in [-0.2, 0) is 0 Å². The second kappa shape index (κ2) is 5.11. The third-order valence-corrected chi connectivity index (χ3v) is 2.03. The summed E-state index contributed by atoms with van der Waals surface area (Å²) in [7, 11) is 0. The molecule has 3 nitrogen and oxygen atoms in total. The molecule has 0 saturated heterocycles. The lowest BCUT2D eigenvalue weighted by Gasteiger charge is -2.22. The molecule has 0 N–H and O–H groups in total. The average Bonchev–Trinajstić information content (AvgIpc) is 2.24. The van der Waals surface area contributed by atoms with Gasteiger partial charge in [0.05, 0.1) is 5.56 Å². The summed E-state index contributed by atoms with van der Waals surface area (Å²) in [6, 6.07) is 2.39. The normalized spacial score (nSPS) is 11.4. The Morgan fingerprint density at radius 2 is 2.12 bits per heavy atom. The van der Waals surface area contributed by atoms with E-state index in [4.69, 9.17) is 0 Å². The van der Waals surface area contributed by atoms with E-state index in [2.05, 4.69) is 4.98 Å². The summed E-state index contributed by atoms with van der Waals surface area (Å²) in [6.07, 6.45) is -3.39. The minimum absolute atomic E-state index is 0.160. The first-order valence-electron chi connectivity index (χ1n) is 4.81. The van der Waals surface area contributed by atoms with E-state index in [1.165, 1.54) is 13.0 Å². The summed E-state index contributed by atoms with van der Waals surface area (Å²) in [5.41, 5.74) is -0.460. The van der Waals surface area contributed by atoms with E-state index in [9.17, 15) is 22.4 Å². The molecule has 0 radical (unpaired) electrons. The van der Waals surface area contributed by atoms with Crippen molar-refractivity contribution in [2.45, 2.75) is 13.1 Å². The first-order chi connectivity index (χ1) is 7.85. The molecule has 1 amide bonds. The Bertz CT molecular complexity index is 406. The number of aromatic nitrogens is 1. The van der Waals surface area contributed by atoms with Crippen molar-refractivity contribution in [2.75, 3.05) is 13.1 Å². The van der Waals surface area contributed by atoms with Gasteiger partial charge in [-0.25, -0.2) is 4.98 Å². The molecule has 1 aromatic heterocycles. The average molecular weight is 250 g/mol.